The minimum absolute atomic E-state index is 0.0558. The maximum atomic E-state index is 5.47. The van der Waals surface area contributed by atoms with Crippen molar-refractivity contribution in [1.82, 2.24) is 15.1 Å². The second-order valence-electron chi connectivity index (χ2n) is 4.43. The molecule has 0 aliphatic carbocycles. The van der Waals surface area contributed by atoms with E-state index in [9.17, 15) is 0 Å². The van der Waals surface area contributed by atoms with Crippen LogP contribution >= 0.6 is 11.3 Å². The van der Waals surface area contributed by atoms with Gasteiger partial charge in [0.1, 0.15) is 5.01 Å². The lowest BCUT2D eigenvalue weighted by Gasteiger charge is -2.41. The first-order chi connectivity index (χ1) is 7.62. The van der Waals surface area contributed by atoms with Gasteiger partial charge < -0.3 is 4.74 Å². The van der Waals surface area contributed by atoms with Crippen LogP contribution in [0.4, 0.5) is 5.13 Å². The minimum Gasteiger partial charge on any atom is -0.378 e. The van der Waals surface area contributed by atoms with E-state index < -0.39 is 0 Å². The van der Waals surface area contributed by atoms with E-state index in [1.165, 1.54) is 11.3 Å². The Morgan fingerprint density at radius 2 is 2.38 bits per heavy atom. The number of anilines is 1. The van der Waals surface area contributed by atoms with Crippen LogP contribution in [-0.4, -0.2) is 40.4 Å². The number of morpholine rings is 1. The molecule has 1 fully saturated rings. The number of hydrazine groups is 1. The Morgan fingerprint density at radius 1 is 1.56 bits per heavy atom. The molecule has 1 aromatic heterocycles. The molecule has 90 valence electrons. The summed E-state index contributed by atoms with van der Waals surface area (Å²) in [5.74, 6) is 5.27. The summed E-state index contributed by atoms with van der Waals surface area (Å²) >= 11 is 1.49. The third kappa shape index (κ3) is 2.49. The molecular weight excluding hydrogens is 226 g/mol. The Morgan fingerprint density at radius 3 is 3.00 bits per heavy atom. The van der Waals surface area contributed by atoms with Gasteiger partial charge in [-0.25, -0.2) is 5.84 Å². The monoisotopic (exact) mass is 243 g/mol. The van der Waals surface area contributed by atoms with Crippen LogP contribution in [-0.2, 0) is 11.3 Å². The maximum Gasteiger partial charge on any atom is 0.219 e. The quantitative estimate of drug-likeness (QED) is 0.592. The number of rotatable bonds is 3. The second-order valence-corrected chi connectivity index (χ2v) is 5.49. The molecule has 0 bridgehead atoms. The van der Waals surface area contributed by atoms with E-state index in [0.29, 0.717) is 5.13 Å². The molecule has 1 aromatic rings. The largest absolute Gasteiger partial charge is 0.378 e. The molecule has 0 atom stereocenters. The van der Waals surface area contributed by atoms with Gasteiger partial charge in [-0.15, -0.1) is 10.2 Å². The van der Waals surface area contributed by atoms with E-state index in [4.69, 9.17) is 10.6 Å². The number of nitrogen functional groups attached to an aromatic ring is 1. The predicted molar refractivity (Wildman–Crippen MR) is 63.0 cm³/mol. The summed E-state index contributed by atoms with van der Waals surface area (Å²) in [5, 5.41) is 9.64. The van der Waals surface area contributed by atoms with Gasteiger partial charge in [0.05, 0.1) is 19.8 Å². The van der Waals surface area contributed by atoms with Gasteiger partial charge in [0.15, 0.2) is 0 Å². The number of aromatic nitrogens is 2. The van der Waals surface area contributed by atoms with Crippen LogP contribution in [0.5, 0.6) is 0 Å². The van der Waals surface area contributed by atoms with Gasteiger partial charge in [0.25, 0.3) is 0 Å². The zero-order chi connectivity index (χ0) is 11.6. The molecule has 2 heterocycles. The summed E-state index contributed by atoms with van der Waals surface area (Å²) in [6.45, 7) is 7.62. The lowest BCUT2D eigenvalue weighted by molar-refractivity contribution is -0.0553. The van der Waals surface area contributed by atoms with Crippen LogP contribution in [0.15, 0.2) is 0 Å². The predicted octanol–water partition coefficient (Wildman–Crippen LogP) is 0.435. The molecule has 0 radical (unpaired) electrons. The van der Waals surface area contributed by atoms with Crippen molar-refractivity contribution in [3.63, 3.8) is 0 Å². The fraction of sp³-hybridized carbons (Fsp3) is 0.778. The fourth-order valence-electron chi connectivity index (χ4n) is 1.72. The molecule has 16 heavy (non-hydrogen) atoms. The third-order valence-electron chi connectivity index (χ3n) is 2.73. The van der Waals surface area contributed by atoms with Gasteiger partial charge >= 0.3 is 0 Å². The highest BCUT2D eigenvalue weighted by Gasteiger charge is 2.31. The molecular formula is C9H17N5OS. The summed E-state index contributed by atoms with van der Waals surface area (Å²) in [4.78, 5) is 2.36. The van der Waals surface area contributed by atoms with Gasteiger partial charge in [-0.2, -0.15) is 0 Å². The first-order valence-electron chi connectivity index (χ1n) is 5.23. The number of nitrogens with two attached hydrogens (primary N) is 1. The Kier molecular flexibility index (Phi) is 3.38. The zero-order valence-corrected chi connectivity index (χ0v) is 10.4. The van der Waals surface area contributed by atoms with E-state index >= 15 is 0 Å². The molecule has 0 saturated carbocycles. The van der Waals surface area contributed by atoms with Gasteiger partial charge in [-0.1, -0.05) is 11.3 Å². The lowest BCUT2D eigenvalue weighted by Crippen LogP contribution is -2.52. The molecule has 3 N–H and O–H groups in total. The molecule has 0 unspecified atom stereocenters. The number of nitrogens with one attached hydrogen (secondary N) is 1. The van der Waals surface area contributed by atoms with Gasteiger partial charge in [0, 0.05) is 12.1 Å². The first kappa shape index (κ1) is 11.7. The highest BCUT2D eigenvalue weighted by molar-refractivity contribution is 7.15. The Labute approximate surface area is 98.8 Å². The summed E-state index contributed by atoms with van der Waals surface area (Å²) in [7, 11) is 0. The van der Waals surface area contributed by atoms with Crippen LogP contribution in [0.3, 0.4) is 0 Å². The molecule has 0 spiro atoms. The van der Waals surface area contributed by atoms with Crippen LogP contribution < -0.4 is 11.3 Å². The van der Waals surface area contributed by atoms with Gasteiger partial charge in [0.2, 0.25) is 5.13 Å². The van der Waals surface area contributed by atoms with Crippen molar-refractivity contribution in [2.24, 2.45) is 5.84 Å². The normalized spacial score (nSPS) is 20.9. The smallest absolute Gasteiger partial charge is 0.219 e. The Bertz CT molecular complexity index is 353. The van der Waals surface area contributed by atoms with Crippen molar-refractivity contribution in [1.29, 1.82) is 0 Å². The van der Waals surface area contributed by atoms with E-state index in [1.807, 2.05) is 0 Å². The van der Waals surface area contributed by atoms with Crippen LogP contribution in [0, 0.1) is 0 Å². The molecule has 0 amide bonds. The lowest BCUT2D eigenvalue weighted by atomic mass is 10.0. The number of hydrogen-bond acceptors (Lipinski definition) is 7. The summed E-state index contributed by atoms with van der Waals surface area (Å²) in [6, 6.07) is 0. The average Bonchev–Trinajstić information content (AvgIpc) is 2.69. The summed E-state index contributed by atoms with van der Waals surface area (Å²) in [6.07, 6.45) is 0. The molecule has 2 rings (SSSR count). The topological polar surface area (TPSA) is 76.3 Å². The van der Waals surface area contributed by atoms with E-state index in [1.54, 1.807) is 0 Å². The summed E-state index contributed by atoms with van der Waals surface area (Å²) in [5.41, 5.74) is 2.56. The van der Waals surface area contributed by atoms with Crippen molar-refractivity contribution >= 4 is 16.5 Å². The number of hydrogen-bond donors (Lipinski definition) is 2. The van der Waals surface area contributed by atoms with Gasteiger partial charge in [-0.3, -0.25) is 10.3 Å². The van der Waals surface area contributed by atoms with E-state index in [2.05, 4.69) is 34.4 Å². The Balaban J connectivity index is 2.02. The van der Waals surface area contributed by atoms with Gasteiger partial charge in [-0.05, 0) is 13.8 Å². The van der Waals surface area contributed by atoms with Crippen molar-refractivity contribution in [3.8, 4) is 0 Å². The molecule has 1 aliphatic heterocycles. The number of ether oxygens (including phenoxy) is 1. The number of nitrogens with zero attached hydrogens (tertiary/aromatic N) is 3. The molecule has 7 heteroatoms. The fourth-order valence-corrected chi connectivity index (χ4v) is 2.39. The average molecular weight is 243 g/mol. The second kappa shape index (κ2) is 4.62. The van der Waals surface area contributed by atoms with E-state index in [0.717, 1.165) is 31.3 Å². The van der Waals surface area contributed by atoms with Crippen molar-refractivity contribution in [2.75, 3.05) is 25.2 Å². The molecule has 6 nitrogen and oxygen atoms in total. The standard InChI is InChI=1S/C9H17N5OS/c1-9(2)6-15-4-3-14(9)5-7-12-13-8(11-10)16-7/h3-6,10H2,1-2H3,(H,11,13). The first-order valence-corrected chi connectivity index (χ1v) is 6.05. The SMILES string of the molecule is CC1(C)COCCN1Cc1nnc(NN)s1. The molecule has 0 aromatic carbocycles. The van der Waals surface area contributed by atoms with Crippen molar-refractivity contribution in [2.45, 2.75) is 25.9 Å². The van der Waals surface area contributed by atoms with Crippen LogP contribution in [0.1, 0.15) is 18.9 Å². The summed E-state index contributed by atoms with van der Waals surface area (Å²) < 4.78 is 5.47. The van der Waals surface area contributed by atoms with Crippen LogP contribution in [0.25, 0.3) is 0 Å². The maximum absolute atomic E-state index is 5.47. The molecule has 1 aliphatic rings. The highest BCUT2D eigenvalue weighted by atomic mass is 32.1. The van der Waals surface area contributed by atoms with E-state index in [-0.39, 0.29) is 5.54 Å². The minimum atomic E-state index is 0.0558. The third-order valence-corrected chi connectivity index (χ3v) is 3.57. The van der Waals surface area contributed by atoms with Crippen molar-refractivity contribution in [3.05, 3.63) is 5.01 Å². The Hall–Kier alpha value is -0.760. The van der Waals surface area contributed by atoms with Crippen LogP contribution in [0.2, 0.25) is 0 Å². The zero-order valence-electron chi connectivity index (χ0n) is 9.56. The highest BCUT2D eigenvalue weighted by Crippen LogP contribution is 2.23. The molecule has 1 saturated heterocycles. The van der Waals surface area contributed by atoms with Crippen molar-refractivity contribution < 1.29 is 4.74 Å².